The number of amides is 2. The van der Waals surface area contributed by atoms with Crippen LogP contribution in [0.2, 0.25) is 0 Å². The van der Waals surface area contributed by atoms with Gasteiger partial charge in [-0.15, -0.1) is 11.8 Å². The zero-order chi connectivity index (χ0) is 16.3. The van der Waals surface area contributed by atoms with E-state index in [-0.39, 0.29) is 23.9 Å². The zero-order valence-corrected chi connectivity index (χ0v) is 14.5. The third-order valence-electron chi connectivity index (χ3n) is 3.86. The first-order chi connectivity index (χ1) is 10.5. The molecule has 6 nitrogen and oxygen atoms in total. The molecule has 1 unspecified atom stereocenters. The monoisotopic (exact) mass is 324 g/mol. The molecule has 0 bridgehead atoms. The van der Waals surface area contributed by atoms with E-state index in [9.17, 15) is 9.59 Å². The maximum absolute atomic E-state index is 12.7. The number of hydrogen-bond acceptors (Lipinski definition) is 4. The van der Waals surface area contributed by atoms with Gasteiger partial charge in [-0.05, 0) is 33.8 Å². The van der Waals surface area contributed by atoms with Crippen LogP contribution in [0, 0.1) is 0 Å². The summed E-state index contributed by atoms with van der Waals surface area (Å²) in [5.41, 5.74) is 0.411. The molecule has 1 aliphatic heterocycles. The van der Waals surface area contributed by atoms with Crippen molar-refractivity contribution in [2.24, 2.45) is 0 Å². The summed E-state index contributed by atoms with van der Waals surface area (Å²) >= 11 is 1.62. The Balaban J connectivity index is 2.15. The number of nitrogens with zero attached hydrogens (tertiary/aromatic N) is 4. The van der Waals surface area contributed by atoms with E-state index < -0.39 is 0 Å². The Morgan fingerprint density at radius 2 is 2.09 bits per heavy atom. The molecule has 0 saturated carbocycles. The molecule has 2 amide bonds. The van der Waals surface area contributed by atoms with Gasteiger partial charge < -0.3 is 9.80 Å². The van der Waals surface area contributed by atoms with Crippen LogP contribution in [0.4, 0.5) is 0 Å². The average Bonchev–Trinajstić information content (AvgIpc) is 3.17. The van der Waals surface area contributed by atoms with Gasteiger partial charge in [0.15, 0.2) is 0 Å². The molecule has 2 heterocycles. The normalized spacial score (nSPS) is 18.0. The minimum absolute atomic E-state index is 0.0339. The minimum Gasteiger partial charge on any atom is -0.341 e. The smallest absolute Gasteiger partial charge is 0.275 e. The Morgan fingerprint density at radius 3 is 2.64 bits per heavy atom. The lowest BCUT2D eigenvalue weighted by Crippen LogP contribution is -2.49. The standard InChI is InChI=1S/C15H24N4O2S/c1-5-17(6-2)15(21)13-9-22-10-18(13)14(20)12-7-8-19(16-12)11(3)4/h7-8,11,13H,5-6,9-10H2,1-4H3. The van der Waals surface area contributed by atoms with Crippen molar-refractivity contribution in [2.75, 3.05) is 24.7 Å². The summed E-state index contributed by atoms with van der Waals surface area (Å²) < 4.78 is 1.76. The Bertz CT molecular complexity index is 539. The molecular formula is C15H24N4O2S. The molecule has 0 spiro atoms. The molecule has 1 aliphatic rings. The second kappa shape index (κ2) is 7.17. The van der Waals surface area contributed by atoms with Gasteiger partial charge in [0.1, 0.15) is 11.7 Å². The first-order valence-electron chi connectivity index (χ1n) is 7.72. The highest BCUT2D eigenvalue weighted by atomic mass is 32.2. The second-order valence-electron chi connectivity index (χ2n) is 5.58. The molecule has 0 N–H and O–H groups in total. The molecule has 1 aromatic heterocycles. The SMILES string of the molecule is CCN(CC)C(=O)C1CSCN1C(=O)c1ccn(C(C)C)n1. The number of rotatable bonds is 5. The molecule has 22 heavy (non-hydrogen) atoms. The molecule has 2 rings (SSSR count). The molecule has 0 aliphatic carbocycles. The molecule has 1 fully saturated rings. The van der Waals surface area contributed by atoms with Gasteiger partial charge in [-0.3, -0.25) is 14.3 Å². The van der Waals surface area contributed by atoms with E-state index in [0.717, 1.165) is 0 Å². The average molecular weight is 324 g/mol. The van der Waals surface area contributed by atoms with E-state index in [1.54, 1.807) is 32.3 Å². The van der Waals surface area contributed by atoms with Gasteiger partial charge in [-0.2, -0.15) is 5.10 Å². The quantitative estimate of drug-likeness (QED) is 0.829. The fourth-order valence-corrected chi connectivity index (χ4v) is 3.63. The largest absolute Gasteiger partial charge is 0.341 e. The first kappa shape index (κ1) is 16.9. The van der Waals surface area contributed by atoms with Gasteiger partial charge in [0.2, 0.25) is 5.91 Å². The number of thioether (sulfide) groups is 1. The molecule has 1 aromatic rings. The fourth-order valence-electron chi connectivity index (χ4n) is 2.48. The van der Waals surface area contributed by atoms with Crippen LogP contribution in [0.3, 0.4) is 0 Å². The second-order valence-corrected chi connectivity index (χ2v) is 6.58. The van der Waals surface area contributed by atoms with Gasteiger partial charge in [-0.25, -0.2) is 0 Å². The highest BCUT2D eigenvalue weighted by Crippen LogP contribution is 2.24. The highest BCUT2D eigenvalue weighted by molar-refractivity contribution is 7.99. The van der Waals surface area contributed by atoms with E-state index in [4.69, 9.17) is 0 Å². The predicted octanol–water partition coefficient (Wildman–Crippen LogP) is 1.85. The van der Waals surface area contributed by atoms with Crippen molar-refractivity contribution < 1.29 is 9.59 Å². The van der Waals surface area contributed by atoms with Crippen LogP contribution in [0.25, 0.3) is 0 Å². The van der Waals surface area contributed by atoms with E-state index in [1.165, 1.54) is 0 Å². The van der Waals surface area contributed by atoms with Crippen LogP contribution in [-0.2, 0) is 4.79 Å². The highest BCUT2D eigenvalue weighted by Gasteiger charge is 2.37. The van der Waals surface area contributed by atoms with Gasteiger partial charge >= 0.3 is 0 Å². The van der Waals surface area contributed by atoms with Crippen LogP contribution in [0.15, 0.2) is 12.3 Å². The van der Waals surface area contributed by atoms with Gasteiger partial charge in [0.05, 0.1) is 5.88 Å². The summed E-state index contributed by atoms with van der Waals surface area (Å²) in [7, 11) is 0. The lowest BCUT2D eigenvalue weighted by molar-refractivity contribution is -0.134. The third kappa shape index (κ3) is 3.29. The fraction of sp³-hybridized carbons (Fsp3) is 0.667. The van der Waals surface area contributed by atoms with Gasteiger partial charge in [0, 0.05) is 31.1 Å². The van der Waals surface area contributed by atoms with Crippen molar-refractivity contribution in [1.29, 1.82) is 0 Å². The van der Waals surface area contributed by atoms with E-state index in [1.807, 2.05) is 33.9 Å². The maximum atomic E-state index is 12.7. The summed E-state index contributed by atoms with van der Waals surface area (Å²) in [4.78, 5) is 28.7. The number of carbonyl (C=O) groups is 2. The molecule has 7 heteroatoms. The van der Waals surface area contributed by atoms with E-state index in [0.29, 0.717) is 30.4 Å². The van der Waals surface area contributed by atoms with E-state index >= 15 is 0 Å². The molecule has 1 saturated heterocycles. The van der Waals surface area contributed by atoms with Crippen LogP contribution < -0.4 is 0 Å². The van der Waals surface area contributed by atoms with E-state index in [2.05, 4.69) is 5.10 Å². The summed E-state index contributed by atoms with van der Waals surface area (Å²) in [5, 5.41) is 4.32. The summed E-state index contributed by atoms with van der Waals surface area (Å²) in [6.07, 6.45) is 1.81. The predicted molar refractivity (Wildman–Crippen MR) is 87.8 cm³/mol. The first-order valence-corrected chi connectivity index (χ1v) is 8.87. The van der Waals surface area contributed by atoms with Crippen LogP contribution >= 0.6 is 11.8 Å². The topological polar surface area (TPSA) is 58.4 Å². The van der Waals surface area contributed by atoms with Gasteiger partial charge in [-0.1, -0.05) is 0 Å². The zero-order valence-electron chi connectivity index (χ0n) is 13.7. The molecule has 1 atom stereocenters. The van der Waals surface area contributed by atoms with Crippen LogP contribution in [0.5, 0.6) is 0 Å². The third-order valence-corrected chi connectivity index (χ3v) is 4.87. The molecule has 0 aromatic carbocycles. The molecule has 0 radical (unpaired) electrons. The number of likely N-dealkylation sites (N-methyl/N-ethyl adjacent to an activating group) is 1. The Hall–Kier alpha value is -1.50. The van der Waals surface area contributed by atoms with Crippen LogP contribution in [0.1, 0.15) is 44.2 Å². The number of aromatic nitrogens is 2. The summed E-state index contributed by atoms with van der Waals surface area (Å²) in [5.74, 6) is 1.08. The Kier molecular flexibility index (Phi) is 5.50. The van der Waals surface area contributed by atoms with Crippen molar-refractivity contribution in [2.45, 2.75) is 39.8 Å². The van der Waals surface area contributed by atoms with Crippen molar-refractivity contribution in [3.8, 4) is 0 Å². The Morgan fingerprint density at radius 1 is 1.41 bits per heavy atom. The lowest BCUT2D eigenvalue weighted by Gasteiger charge is -2.27. The molecular weight excluding hydrogens is 300 g/mol. The van der Waals surface area contributed by atoms with Crippen molar-refractivity contribution in [3.05, 3.63) is 18.0 Å². The van der Waals surface area contributed by atoms with Crippen LogP contribution in [-0.4, -0.2) is 62.2 Å². The maximum Gasteiger partial charge on any atom is 0.275 e. The van der Waals surface area contributed by atoms with Crippen molar-refractivity contribution in [1.82, 2.24) is 19.6 Å². The number of carbonyl (C=O) groups excluding carboxylic acids is 2. The Labute approximate surface area is 135 Å². The summed E-state index contributed by atoms with van der Waals surface area (Å²) in [6.45, 7) is 9.28. The summed E-state index contributed by atoms with van der Waals surface area (Å²) in [6, 6.07) is 1.56. The van der Waals surface area contributed by atoms with Crippen molar-refractivity contribution >= 4 is 23.6 Å². The molecule has 122 valence electrons. The lowest BCUT2D eigenvalue weighted by atomic mass is 10.2. The minimum atomic E-state index is -0.374. The van der Waals surface area contributed by atoms with Gasteiger partial charge in [0.25, 0.3) is 5.91 Å². The number of hydrogen-bond donors (Lipinski definition) is 0. The van der Waals surface area contributed by atoms with Crippen molar-refractivity contribution in [3.63, 3.8) is 0 Å².